The van der Waals surface area contributed by atoms with E-state index in [9.17, 15) is 0 Å². The molecule has 0 atom stereocenters. The van der Waals surface area contributed by atoms with Crippen LogP contribution in [0.3, 0.4) is 0 Å². The van der Waals surface area contributed by atoms with Gasteiger partial charge in [-0.1, -0.05) is 27.2 Å². The van der Waals surface area contributed by atoms with E-state index in [0.29, 0.717) is 12.5 Å². The minimum Gasteiger partial charge on any atom is -0.357 e. The highest BCUT2D eigenvalue weighted by Crippen LogP contribution is 2.05. The average molecular weight is 293 g/mol. The second kappa shape index (κ2) is 9.42. The highest BCUT2D eigenvalue weighted by Gasteiger charge is 2.07. The monoisotopic (exact) mass is 293 g/mol. The minimum absolute atomic E-state index is 0.613. The predicted octanol–water partition coefficient (Wildman–Crippen LogP) is 2.74. The standard InChI is InChI=1S/C16H31N5/c1-6-8-10-20(5)16(17-7-2)19-12-15-18-9-11-21(15)13-14(3)4/h9,11,14H,6-8,10,12-13H2,1-5H3,(H,17,19). The van der Waals surface area contributed by atoms with Crippen LogP contribution in [0.1, 0.15) is 46.4 Å². The van der Waals surface area contributed by atoms with Gasteiger partial charge in [-0.25, -0.2) is 9.98 Å². The number of rotatable bonds is 8. The Hall–Kier alpha value is -1.52. The minimum atomic E-state index is 0.613. The summed E-state index contributed by atoms with van der Waals surface area (Å²) in [5, 5.41) is 3.35. The molecule has 1 heterocycles. The van der Waals surface area contributed by atoms with Gasteiger partial charge in [0.25, 0.3) is 0 Å². The van der Waals surface area contributed by atoms with Crippen molar-refractivity contribution >= 4 is 5.96 Å². The molecule has 0 saturated heterocycles. The zero-order valence-electron chi connectivity index (χ0n) is 14.3. The molecule has 0 aliphatic carbocycles. The largest absolute Gasteiger partial charge is 0.357 e. The fourth-order valence-electron chi connectivity index (χ4n) is 2.17. The lowest BCUT2D eigenvalue weighted by Gasteiger charge is -2.21. The molecule has 0 amide bonds. The molecule has 0 spiro atoms. The van der Waals surface area contributed by atoms with Crippen molar-refractivity contribution in [2.75, 3.05) is 20.1 Å². The Morgan fingerprint density at radius 3 is 2.81 bits per heavy atom. The van der Waals surface area contributed by atoms with Gasteiger partial charge >= 0.3 is 0 Å². The first-order valence-electron chi connectivity index (χ1n) is 8.07. The highest BCUT2D eigenvalue weighted by molar-refractivity contribution is 5.79. The van der Waals surface area contributed by atoms with Crippen molar-refractivity contribution in [3.8, 4) is 0 Å². The molecule has 0 bridgehead atoms. The van der Waals surface area contributed by atoms with Crippen molar-refractivity contribution in [2.24, 2.45) is 10.9 Å². The van der Waals surface area contributed by atoms with E-state index in [0.717, 1.165) is 31.4 Å². The third-order valence-corrected chi connectivity index (χ3v) is 3.28. The second-order valence-electron chi connectivity index (χ2n) is 5.83. The molecule has 5 heteroatoms. The Morgan fingerprint density at radius 1 is 1.43 bits per heavy atom. The van der Waals surface area contributed by atoms with Crippen LogP contribution in [0.4, 0.5) is 0 Å². The van der Waals surface area contributed by atoms with Gasteiger partial charge in [0.05, 0.1) is 0 Å². The van der Waals surface area contributed by atoms with Crippen LogP contribution < -0.4 is 5.32 Å². The van der Waals surface area contributed by atoms with Gasteiger partial charge in [-0.15, -0.1) is 0 Å². The van der Waals surface area contributed by atoms with Crippen LogP contribution in [0, 0.1) is 5.92 Å². The van der Waals surface area contributed by atoms with Crippen molar-refractivity contribution < 1.29 is 0 Å². The van der Waals surface area contributed by atoms with E-state index in [2.05, 4.69) is 54.5 Å². The van der Waals surface area contributed by atoms with Crippen molar-refractivity contribution in [1.29, 1.82) is 0 Å². The molecule has 0 radical (unpaired) electrons. The van der Waals surface area contributed by atoms with Crippen LogP contribution in [-0.4, -0.2) is 40.5 Å². The zero-order chi connectivity index (χ0) is 15.7. The Kier molecular flexibility index (Phi) is 7.87. The number of unbranched alkanes of at least 4 members (excludes halogenated alkanes) is 1. The second-order valence-corrected chi connectivity index (χ2v) is 5.83. The van der Waals surface area contributed by atoms with Crippen molar-refractivity contribution in [3.05, 3.63) is 18.2 Å². The maximum absolute atomic E-state index is 4.72. The lowest BCUT2D eigenvalue weighted by molar-refractivity contribution is 0.463. The molecule has 0 saturated carbocycles. The summed E-state index contributed by atoms with van der Waals surface area (Å²) in [5.74, 6) is 2.61. The summed E-state index contributed by atoms with van der Waals surface area (Å²) in [6.45, 7) is 12.3. The third kappa shape index (κ3) is 6.19. The Labute approximate surface area is 129 Å². The molecular weight excluding hydrogens is 262 g/mol. The number of nitrogens with zero attached hydrogens (tertiary/aromatic N) is 4. The summed E-state index contributed by atoms with van der Waals surface area (Å²) >= 11 is 0. The van der Waals surface area contributed by atoms with Gasteiger partial charge in [-0.2, -0.15) is 0 Å². The number of guanidine groups is 1. The SMILES string of the molecule is CCCCN(C)C(=NCc1nccn1CC(C)C)NCC. The van der Waals surface area contributed by atoms with Gasteiger partial charge in [0, 0.05) is 39.1 Å². The average Bonchev–Trinajstić information content (AvgIpc) is 2.87. The zero-order valence-corrected chi connectivity index (χ0v) is 14.3. The fourth-order valence-corrected chi connectivity index (χ4v) is 2.17. The first kappa shape index (κ1) is 17.5. The number of aliphatic imine (C=N–C) groups is 1. The first-order chi connectivity index (χ1) is 10.1. The van der Waals surface area contributed by atoms with Crippen LogP contribution in [0.5, 0.6) is 0 Å². The molecule has 5 nitrogen and oxygen atoms in total. The van der Waals surface area contributed by atoms with Gasteiger partial charge in [-0.05, 0) is 19.3 Å². The summed E-state index contributed by atoms with van der Waals surface area (Å²) in [5.41, 5.74) is 0. The van der Waals surface area contributed by atoms with Gasteiger partial charge in [-0.3, -0.25) is 0 Å². The number of nitrogens with one attached hydrogen (secondary N) is 1. The number of hydrogen-bond acceptors (Lipinski definition) is 2. The van der Waals surface area contributed by atoms with Crippen molar-refractivity contribution in [3.63, 3.8) is 0 Å². The highest BCUT2D eigenvalue weighted by atomic mass is 15.3. The molecule has 0 aliphatic rings. The quantitative estimate of drug-likeness (QED) is 0.592. The predicted molar refractivity (Wildman–Crippen MR) is 89.4 cm³/mol. The van der Waals surface area contributed by atoms with E-state index in [1.165, 1.54) is 12.8 Å². The summed E-state index contributed by atoms with van der Waals surface area (Å²) in [7, 11) is 2.09. The van der Waals surface area contributed by atoms with Crippen molar-refractivity contribution in [2.45, 2.75) is 53.6 Å². The summed E-state index contributed by atoms with van der Waals surface area (Å²) < 4.78 is 2.20. The number of aromatic nitrogens is 2. The molecule has 1 N–H and O–H groups in total. The molecule has 120 valence electrons. The van der Waals surface area contributed by atoms with Crippen molar-refractivity contribution in [1.82, 2.24) is 19.8 Å². The maximum Gasteiger partial charge on any atom is 0.194 e. The summed E-state index contributed by atoms with van der Waals surface area (Å²) in [6, 6.07) is 0. The normalized spacial score (nSPS) is 12.0. The Balaban J connectivity index is 2.71. The van der Waals surface area contributed by atoms with Crippen LogP contribution in [-0.2, 0) is 13.1 Å². The molecule has 0 unspecified atom stereocenters. The van der Waals surface area contributed by atoms with E-state index in [1.54, 1.807) is 0 Å². The van der Waals surface area contributed by atoms with Crippen LogP contribution >= 0.6 is 0 Å². The molecular formula is C16H31N5. The molecule has 21 heavy (non-hydrogen) atoms. The van der Waals surface area contributed by atoms with Gasteiger partial charge < -0.3 is 14.8 Å². The van der Waals surface area contributed by atoms with E-state index < -0.39 is 0 Å². The van der Waals surface area contributed by atoms with Gasteiger partial charge in [0.1, 0.15) is 12.4 Å². The lowest BCUT2D eigenvalue weighted by Crippen LogP contribution is -2.39. The number of imidazole rings is 1. The van der Waals surface area contributed by atoms with E-state index >= 15 is 0 Å². The lowest BCUT2D eigenvalue weighted by atomic mass is 10.2. The summed E-state index contributed by atoms with van der Waals surface area (Å²) in [4.78, 5) is 11.4. The smallest absolute Gasteiger partial charge is 0.194 e. The number of hydrogen-bond donors (Lipinski definition) is 1. The molecule has 0 fully saturated rings. The molecule has 1 aromatic rings. The topological polar surface area (TPSA) is 45.5 Å². The summed E-state index contributed by atoms with van der Waals surface area (Å²) in [6.07, 6.45) is 6.28. The fraction of sp³-hybridized carbons (Fsp3) is 0.750. The van der Waals surface area contributed by atoms with Crippen LogP contribution in [0.25, 0.3) is 0 Å². The Bertz CT molecular complexity index is 422. The van der Waals surface area contributed by atoms with E-state index in [1.807, 2.05) is 12.4 Å². The van der Waals surface area contributed by atoms with E-state index in [-0.39, 0.29) is 0 Å². The van der Waals surface area contributed by atoms with Gasteiger partial charge in [0.2, 0.25) is 0 Å². The van der Waals surface area contributed by atoms with Gasteiger partial charge in [0.15, 0.2) is 5.96 Å². The van der Waals surface area contributed by atoms with Crippen LogP contribution in [0.15, 0.2) is 17.4 Å². The Morgan fingerprint density at radius 2 is 2.19 bits per heavy atom. The van der Waals surface area contributed by atoms with E-state index in [4.69, 9.17) is 4.99 Å². The molecule has 0 aromatic carbocycles. The first-order valence-corrected chi connectivity index (χ1v) is 8.07. The molecule has 0 aliphatic heterocycles. The molecule has 1 rings (SSSR count). The third-order valence-electron chi connectivity index (χ3n) is 3.28. The maximum atomic E-state index is 4.72. The van der Waals surface area contributed by atoms with Crippen LogP contribution in [0.2, 0.25) is 0 Å². The molecule has 1 aromatic heterocycles.